The zero-order valence-corrected chi connectivity index (χ0v) is 9.79. The van der Waals surface area contributed by atoms with Crippen LogP contribution in [0.3, 0.4) is 0 Å². The molecule has 0 unspecified atom stereocenters. The second-order valence-corrected chi connectivity index (χ2v) is 4.20. The highest BCUT2D eigenvalue weighted by Gasteiger charge is 2.13. The third kappa shape index (κ3) is 2.36. The highest BCUT2D eigenvalue weighted by atomic mass is 19.1. The van der Waals surface area contributed by atoms with Crippen LogP contribution in [0.5, 0.6) is 0 Å². The normalized spacial score (nSPS) is 15.6. The van der Waals surface area contributed by atoms with E-state index in [1.807, 2.05) is 19.9 Å². The molecule has 1 N–H and O–H groups in total. The van der Waals surface area contributed by atoms with E-state index in [-0.39, 0.29) is 11.5 Å². The Morgan fingerprint density at radius 2 is 1.88 bits per heavy atom. The van der Waals surface area contributed by atoms with E-state index in [9.17, 15) is 4.39 Å². The minimum Gasteiger partial charge on any atom is -0.363 e. The summed E-state index contributed by atoms with van der Waals surface area (Å²) in [5.41, 5.74) is 3.16. The lowest BCUT2D eigenvalue weighted by Gasteiger charge is -2.19. The summed E-state index contributed by atoms with van der Waals surface area (Å²) >= 11 is 0. The molecule has 2 rings (SSSR count). The van der Waals surface area contributed by atoms with Crippen LogP contribution in [-0.2, 0) is 0 Å². The van der Waals surface area contributed by atoms with E-state index in [1.165, 1.54) is 6.07 Å². The summed E-state index contributed by atoms with van der Waals surface area (Å²) in [6, 6.07) is 6.55. The quantitative estimate of drug-likeness (QED) is 0.801. The molecular formula is C14H13FN2. The maximum absolute atomic E-state index is 13.2. The first kappa shape index (κ1) is 11.4. The molecule has 1 aliphatic heterocycles. The van der Waals surface area contributed by atoms with Gasteiger partial charge in [-0.25, -0.2) is 4.39 Å². The molecule has 0 amide bonds. The summed E-state index contributed by atoms with van der Waals surface area (Å²) in [5, 5.41) is 12.0. The van der Waals surface area contributed by atoms with Crippen LogP contribution in [0.4, 0.5) is 4.39 Å². The van der Waals surface area contributed by atoms with Gasteiger partial charge in [0.05, 0.1) is 5.56 Å². The minimum absolute atomic E-state index is 0.0955. The van der Waals surface area contributed by atoms with Crippen molar-refractivity contribution >= 4 is 0 Å². The fourth-order valence-electron chi connectivity index (χ4n) is 2.01. The molecule has 17 heavy (non-hydrogen) atoms. The average molecular weight is 228 g/mol. The summed E-state index contributed by atoms with van der Waals surface area (Å²) in [4.78, 5) is 0. The van der Waals surface area contributed by atoms with Crippen molar-refractivity contribution in [3.05, 3.63) is 58.7 Å². The Balaban J connectivity index is 2.41. The molecule has 1 aromatic rings. The van der Waals surface area contributed by atoms with Crippen LogP contribution < -0.4 is 5.32 Å². The van der Waals surface area contributed by atoms with E-state index in [4.69, 9.17) is 5.26 Å². The molecule has 0 aromatic heterocycles. The Morgan fingerprint density at radius 3 is 2.47 bits per heavy atom. The van der Waals surface area contributed by atoms with Gasteiger partial charge in [0, 0.05) is 17.3 Å². The molecule has 1 heterocycles. The van der Waals surface area contributed by atoms with Gasteiger partial charge in [-0.3, -0.25) is 0 Å². The maximum Gasteiger partial charge on any atom is 0.140 e. The molecule has 0 saturated carbocycles. The van der Waals surface area contributed by atoms with E-state index in [2.05, 4.69) is 17.5 Å². The van der Waals surface area contributed by atoms with E-state index < -0.39 is 5.82 Å². The lowest BCUT2D eigenvalue weighted by Crippen LogP contribution is -2.14. The molecule has 0 saturated heterocycles. The van der Waals surface area contributed by atoms with Crippen LogP contribution >= 0.6 is 0 Å². The van der Waals surface area contributed by atoms with Crippen molar-refractivity contribution in [1.29, 1.82) is 5.26 Å². The summed E-state index contributed by atoms with van der Waals surface area (Å²) in [6.07, 6.45) is 4.11. The first-order chi connectivity index (χ1) is 8.10. The molecule has 0 aliphatic carbocycles. The molecule has 86 valence electrons. The summed E-state index contributed by atoms with van der Waals surface area (Å²) in [5.74, 6) is -0.365. The molecule has 0 spiro atoms. The summed E-state index contributed by atoms with van der Waals surface area (Å²) in [7, 11) is 0. The smallest absolute Gasteiger partial charge is 0.140 e. The van der Waals surface area contributed by atoms with Gasteiger partial charge in [-0.2, -0.15) is 5.26 Å². The zero-order valence-electron chi connectivity index (χ0n) is 9.79. The summed E-state index contributed by atoms with van der Waals surface area (Å²) in [6.45, 7) is 3.97. The van der Waals surface area contributed by atoms with Crippen molar-refractivity contribution in [2.75, 3.05) is 0 Å². The molecule has 0 fully saturated rings. The molecule has 0 bridgehead atoms. The number of nitrogens with one attached hydrogen (secondary N) is 1. The average Bonchev–Trinajstić information content (AvgIpc) is 2.28. The maximum atomic E-state index is 13.2. The van der Waals surface area contributed by atoms with Crippen molar-refractivity contribution in [3.8, 4) is 6.07 Å². The monoisotopic (exact) mass is 228 g/mol. The molecule has 0 atom stereocenters. The lowest BCUT2D eigenvalue weighted by molar-refractivity contribution is 0.623. The Hall–Kier alpha value is -2.08. The number of hydrogen-bond donors (Lipinski definition) is 1. The van der Waals surface area contributed by atoms with Crippen molar-refractivity contribution in [3.63, 3.8) is 0 Å². The van der Waals surface area contributed by atoms with Gasteiger partial charge in [-0.15, -0.1) is 0 Å². The first-order valence-corrected chi connectivity index (χ1v) is 5.43. The van der Waals surface area contributed by atoms with Gasteiger partial charge < -0.3 is 5.32 Å². The van der Waals surface area contributed by atoms with Gasteiger partial charge in [0.1, 0.15) is 11.9 Å². The molecule has 1 aromatic carbocycles. The largest absolute Gasteiger partial charge is 0.363 e. The number of rotatable bonds is 1. The van der Waals surface area contributed by atoms with Crippen molar-refractivity contribution in [2.24, 2.45) is 0 Å². The van der Waals surface area contributed by atoms with Crippen LogP contribution in [-0.4, -0.2) is 0 Å². The minimum atomic E-state index is -0.466. The number of allylic oxidation sites excluding steroid dienone is 4. The van der Waals surface area contributed by atoms with Crippen LogP contribution in [0, 0.1) is 17.1 Å². The van der Waals surface area contributed by atoms with E-state index in [0.29, 0.717) is 0 Å². The second kappa shape index (κ2) is 4.42. The van der Waals surface area contributed by atoms with E-state index in [1.54, 1.807) is 12.1 Å². The van der Waals surface area contributed by atoms with Gasteiger partial charge >= 0.3 is 0 Å². The number of hydrogen-bond acceptors (Lipinski definition) is 2. The SMILES string of the molecule is CC1=CC(c2ccc(F)c(C#N)c2)C=C(C)N1. The highest BCUT2D eigenvalue weighted by molar-refractivity contribution is 5.41. The standard InChI is InChI=1S/C14H13FN2/c1-9-5-12(6-10(2)17-9)11-3-4-14(15)13(7-11)8-16/h3-7,12,17H,1-2H3. The van der Waals surface area contributed by atoms with E-state index in [0.717, 1.165) is 17.0 Å². The topological polar surface area (TPSA) is 35.8 Å². The Bertz CT molecular complexity index is 532. The van der Waals surface area contributed by atoms with Crippen LogP contribution in [0.15, 0.2) is 41.7 Å². The third-order valence-corrected chi connectivity index (χ3v) is 2.75. The van der Waals surface area contributed by atoms with E-state index >= 15 is 0 Å². The Morgan fingerprint density at radius 1 is 1.24 bits per heavy atom. The Kier molecular flexibility index (Phi) is 2.97. The molecule has 3 heteroatoms. The molecule has 0 radical (unpaired) electrons. The van der Waals surface area contributed by atoms with Crippen LogP contribution in [0.25, 0.3) is 0 Å². The Labute approximate surface area is 100 Å². The number of benzene rings is 1. The summed E-state index contributed by atoms with van der Waals surface area (Å²) < 4.78 is 13.2. The molecular weight excluding hydrogens is 215 g/mol. The van der Waals surface area contributed by atoms with Crippen molar-refractivity contribution in [1.82, 2.24) is 5.32 Å². The predicted molar refractivity (Wildman–Crippen MR) is 64.5 cm³/mol. The first-order valence-electron chi connectivity index (χ1n) is 5.43. The van der Waals surface area contributed by atoms with Crippen molar-refractivity contribution in [2.45, 2.75) is 19.8 Å². The third-order valence-electron chi connectivity index (χ3n) is 2.75. The second-order valence-electron chi connectivity index (χ2n) is 4.20. The lowest BCUT2D eigenvalue weighted by atomic mass is 9.93. The van der Waals surface area contributed by atoms with Gasteiger partial charge in [-0.1, -0.05) is 18.2 Å². The zero-order chi connectivity index (χ0) is 12.4. The van der Waals surface area contributed by atoms with Crippen LogP contribution in [0.2, 0.25) is 0 Å². The predicted octanol–water partition coefficient (Wildman–Crippen LogP) is 3.19. The number of halogens is 1. The molecule has 2 nitrogen and oxygen atoms in total. The highest BCUT2D eigenvalue weighted by Crippen LogP contribution is 2.26. The van der Waals surface area contributed by atoms with Gasteiger partial charge in [0.2, 0.25) is 0 Å². The van der Waals surface area contributed by atoms with Gasteiger partial charge in [-0.05, 0) is 31.5 Å². The van der Waals surface area contributed by atoms with Gasteiger partial charge in [0.25, 0.3) is 0 Å². The fraction of sp³-hybridized carbons (Fsp3) is 0.214. The van der Waals surface area contributed by atoms with Crippen LogP contribution in [0.1, 0.15) is 30.9 Å². The fourth-order valence-corrected chi connectivity index (χ4v) is 2.01. The number of dihydropyridines is 1. The number of nitrogens with zero attached hydrogens (tertiary/aromatic N) is 1. The van der Waals surface area contributed by atoms with Crippen molar-refractivity contribution < 1.29 is 4.39 Å². The van der Waals surface area contributed by atoms with Gasteiger partial charge in [0.15, 0.2) is 0 Å². The number of nitriles is 1. The molecule has 1 aliphatic rings.